The number of ether oxygens (including phenoxy) is 1. The number of piperazine rings is 1. The number of aromatic nitrogens is 1. The number of esters is 1. The lowest BCUT2D eigenvalue weighted by molar-refractivity contribution is -0.147. The predicted octanol–water partition coefficient (Wildman–Crippen LogP) is 2.39. The smallest absolute Gasteiger partial charge is 0.311 e. The Morgan fingerprint density at radius 1 is 1.23 bits per heavy atom. The molecule has 2 amide bonds. The molecular formula is C22H25N3O5. The number of rotatable bonds is 4. The summed E-state index contributed by atoms with van der Waals surface area (Å²) in [6.07, 6.45) is 0.442. The van der Waals surface area contributed by atoms with Crippen LogP contribution in [0, 0.1) is 5.92 Å². The van der Waals surface area contributed by atoms with Gasteiger partial charge in [0, 0.05) is 18.5 Å². The molecule has 3 heterocycles. The molecule has 0 spiro atoms. The molecule has 30 heavy (non-hydrogen) atoms. The molecule has 0 aliphatic carbocycles. The van der Waals surface area contributed by atoms with Crippen molar-refractivity contribution in [2.75, 3.05) is 20.2 Å². The quantitative estimate of drug-likeness (QED) is 0.717. The highest BCUT2D eigenvalue weighted by Crippen LogP contribution is 2.43. The Morgan fingerprint density at radius 2 is 1.97 bits per heavy atom. The molecule has 2 fully saturated rings. The van der Waals surface area contributed by atoms with Gasteiger partial charge in [0.15, 0.2) is 5.69 Å². The van der Waals surface area contributed by atoms with Crippen molar-refractivity contribution in [1.82, 2.24) is 15.0 Å². The second-order valence-corrected chi connectivity index (χ2v) is 8.13. The van der Waals surface area contributed by atoms with Crippen LogP contribution >= 0.6 is 0 Å². The monoisotopic (exact) mass is 411 g/mol. The van der Waals surface area contributed by atoms with Gasteiger partial charge in [-0.25, -0.2) is 0 Å². The van der Waals surface area contributed by atoms with Crippen molar-refractivity contribution in [3.63, 3.8) is 0 Å². The minimum atomic E-state index is -0.471. The maximum atomic E-state index is 13.1. The van der Waals surface area contributed by atoms with E-state index in [2.05, 4.69) is 5.16 Å². The molecule has 1 aromatic carbocycles. The lowest BCUT2D eigenvalue weighted by Crippen LogP contribution is -2.55. The fourth-order valence-electron chi connectivity index (χ4n) is 4.44. The summed E-state index contributed by atoms with van der Waals surface area (Å²) < 4.78 is 10.3. The van der Waals surface area contributed by atoms with Crippen LogP contribution in [-0.2, 0) is 14.3 Å². The highest BCUT2D eigenvalue weighted by molar-refractivity contribution is 5.96. The lowest BCUT2D eigenvalue weighted by atomic mass is 9.93. The minimum Gasteiger partial charge on any atom is -0.469 e. The number of hydrogen-bond donors (Lipinski definition) is 0. The zero-order chi connectivity index (χ0) is 21.4. The first-order chi connectivity index (χ1) is 14.4. The Bertz CT molecular complexity index is 955. The molecule has 0 bridgehead atoms. The van der Waals surface area contributed by atoms with E-state index >= 15 is 0 Å². The van der Waals surface area contributed by atoms with Crippen LogP contribution < -0.4 is 0 Å². The van der Waals surface area contributed by atoms with E-state index in [0.717, 1.165) is 5.56 Å². The van der Waals surface area contributed by atoms with Gasteiger partial charge in [-0.15, -0.1) is 0 Å². The predicted molar refractivity (Wildman–Crippen MR) is 106 cm³/mol. The van der Waals surface area contributed by atoms with Gasteiger partial charge in [-0.3, -0.25) is 14.4 Å². The van der Waals surface area contributed by atoms with Crippen molar-refractivity contribution in [3.05, 3.63) is 53.4 Å². The third-order valence-corrected chi connectivity index (χ3v) is 5.89. The van der Waals surface area contributed by atoms with Crippen molar-refractivity contribution < 1.29 is 23.6 Å². The topological polar surface area (TPSA) is 93.0 Å². The molecule has 158 valence electrons. The number of methoxy groups -OCH3 is 1. The van der Waals surface area contributed by atoms with Gasteiger partial charge < -0.3 is 19.1 Å². The summed E-state index contributed by atoms with van der Waals surface area (Å²) >= 11 is 0. The van der Waals surface area contributed by atoms with Crippen LogP contribution in [0.15, 0.2) is 40.9 Å². The molecule has 8 nitrogen and oxygen atoms in total. The van der Waals surface area contributed by atoms with Gasteiger partial charge in [-0.2, -0.15) is 0 Å². The zero-order valence-electron chi connectivity index (χ0n) is 17.3. The van der Waals surface area contributed by atoms with Crippen LogP contribution in [0.1, 0.15) is 54.0 Å². The SMILES string of the molecule is COC(=O)[C@H]1C[C@H]2CN(C(=O)c3cc(C(C)C)on3)CC(=O)N2[C@H]1c1ccccc1. The molecular weight excluding hydrogens is 386 g/mol. The number of benzene rings is 1. The molecule has 0 N–H and O–H groups in total. The van der Waals surface area contributed by atoms with Crippen molar-refractivity contribution in [3.8, 4) is 0 Å². The maximum Gasteiger partial charge on any atom is 0.311 e. The first-order valence-corrected chi connectivity index (χ1v) is 10.1. The van der Waals surface area contributed by atoms with Gasteiger partial charge in [0.2, 0.25) is 5.91 Å². The van der Waals surface area contributed by atoms with Crippen LogP contribution in [0.3, 0.4) is 0 Å². The summed E-state index contributed by atoms with van der Waals surface area (Å²) in [6, 6.07) is 10.5. The zero-order valence-corrected chi connectivity index (χ0v) is 17.3. The molecule has 2 aliphatic heterocycles. The van der Waals surface area contributed by atoms with Crippen molar-refractivity contribution >= 4 is 17.8 Å². The van der Waals surface area contributed by atoms with Gasteiger partial charge >= 0.3 is 5.97 Å². The summed E-state index contributed by atoms with van der Waals surface area (Å²) in [5.74, 6) is -0.606. The van der Waals surface area contributed by atoms with E-state index < -0.39 is 12.0 Å². The minimum absolute atomic E-state index is 0.0591. The summed E-state index contributed by atoms with van der Waals surface area (Å²) in [6.45, 7) is 4.18. The summed E-state index contributed by atoms with van der Waals surface area (Å²) in [5.41, 5.74) is 1.09. The van der Waals surface area contributed by atoms with E-state index in [-0.39, 0.29) is 42.0 Å². The van der Waals surface area contributed by atoms with E-state index in [1.807, 2.05) is 44.2 Å². The molecule has 0 saturated carbocycles. The first-order valence-electron chi connectivity index (χ1n) is 10.1. The van der Waals surface area contributed by atoms with Gasteiger partial charge in [0.1, 0.15) is 12.3 Å². The normalized spacial score (nSPS) is 23.6. The van der Waals surface area contributed by atoms with E-state index in [1.165, 1.54) is 12.0 Å². The van der Waals surface area contributed by atoms with Gasteiger partial charge in [-0.05, 0) is 12.0 Å². The van der Waals surface area contributed by atoms with Crippen LogP contribution in [0.25, 0.3) is 0 Å². The second-order valence-electron chi connectivity index (χ2n) is 8.13. The van der Waals surface area contributed by atoms with E-state index in [4.69, 9.17) is 9.26 Å². The summed E-state index contributed by atoms with van der Waals surface area (Å²) in [5, 5.41) is 3.88. The number of amides is 2. The van der Waals surface area contributed by atoms with Gasteiger partial charge in [-0.1, -0.05) is 49.3 Å². The third kappa shape index (κ3) is 3.46. The van der Waals surface area contributed by atoms with Crippen molar-refractivity contribution in [2.24, 2.45) is 5.92 Å². The average Bonchev–Trinajstić information content (AvgIpc) is 3.39. The van der Waals surface area contributed by atoms with E-state index in [0.29, 0.717) is 18.7 Å². The average molecular weight is 411 g/mol. The maximum absolute atomic E-state index is 13.1. The Balaban J connectivity index is 1.59. The number of carbonyl (C=O) groups excluding carboxylic acids is 3. The van der Waals surface area contributed by atoms with Crippen LogP contribution in [0.2, 0.25) is 0 Å². The first kappa shape index (κ1) is 20.1. The number of nitrogens with zero attached hydrogens (tertiary/aromatic N) is 3. The number of hydrogen-bond acceptors (Lipinski definition) is 6. The largest absolute Gasteiger partial charge is 0.469 e. The lowest BCUT2D eigenvalue weighted by Gasteiger charge is -2.39. The Hall–Kier alpha value is -3.16. The van der Waals surface area contributed by atoms with Gasteiger partial charge in [0.05, 0.1) is 25.1 Å². The molecule has 2 saturated heterocycles. The van der Waals surface area contributed by atoms with Crippen molar-refractivity contribution in [1.29, 1.82) is 0 Å². The number of carbonyl (C=O) groups is 3. The fraction of sp³-hybridized carbons (Fsp3) is 0.455. The summed E-state index contributed by atoms with van der Waals surface area (Å²) in [7, 11) is 1.36. The Labute approximate surface area is 174 Å². The van der Waals surface area contributed by atoms with Crippen molar-refractivity contribution in [2.45, 2.75) is 38.3 Å². The number of fused-ring (bicyclic) bond motifs is 1. The highest BCUT2D eigenvalue weighted by Gasteiger charge is 2.51. The molecule has 1 aromatic heterocycles. The van der Waals surface area contributed by atoms with Crippen LogP contribution in [0.5, 0.6) is 0 Å². The molecule has 0 unspecified atom stereocenters. The molecule has 3 atom stereocenters. The molecule has 0 radical (unpaired) electrons. The van der Waals surface area contributed by atoms with E-state index in [9.17, 15) is 14.4 Å². The molecule has 2 aromatic rings. The highest BCUT2D eigenvalue weighted by atomic mass is 16.5. The van der Waals surface area contributed by atoms with Gasteiger partial charge in [0.25, 0.3) is 5.91 Å². The summed E-state index contributed by atoms with van der Waals surface area (Å²) in [4.78, 5) is 41.8. The van der Waals surface area contributed by atoms with Crippen LogP contribution in [-0.4, -0.2) is 59.0 Å². The second kappa shape index (κ2) is 7.93. The Morgan fingerprint density at radius 3 is 2.60 bits per heavy atom. The van der Waals surface area contributed by atoms with E-state index in [1.54, 1.807) is 11.0 Å². The molecule has 8 heteroatoms. The standard InChI is InChI=1S/C22H25N3O5/c1-13(2)18-10-17(23-30-18)21(27)24-11-15-9-16(22(28)29-3)20(25(15)19(26)12-24)14-7-5-4-6-8-14/h4-8,10,13,15-16,20H,9,11-12H2,1-3H3/t15-,16-,20-/m0/s1. The fourth-order valence-corrected chi connectivity index (χ4v) is 4.44. The molecule has 4 rings (SSSR count). The Kier molecular flexibility index (Phi) is 5.32. The van der Waals surface area contributed by atoms with Crippen LogP contribution in [0.4, 0.5) is 0 Å². The molecule has 2 aliphatic rings. The third-order valence-electron chi connectivity index (χ3n) is 5.89.